The van der Waals surface area contributed by atoms with Crippen LogP contribution in [0.25, 0.3) is 0 Å². The first kappa shape index (κ1) is 16.0. The van der Waals surface area contributed by atoms with Crippen molar-refractivity contribution in [1.29, 1.82) is 0 Å². The molecule has 0 saturated heterocycles. The van der Waals surface area contributed by atoms with Crippen molar-refractivity contribution >= 4 is 0 Å². The van der Waals surface area contributed by atoms with Gasteiger partial charge in [0.1, 0.15) is 5.76 Å². The molecule has 1 aromatic rings. The van der Waals surface area contributed by atoms with E-state index in [0.717, 1.165) is 24.4 Å². The average Bonchev–Trinajstić information content (AvgIpc) is 2.73. The van der Waals surface area contributed by atoms with Gasteiger partial charge in [0.05, 0.1) is 19.4 Å². The zero-order valence-electron chi connectivity index (χ0n) is 12.3. The average molecular weight is 266 g/mol. The van der Waals surface area contributed by atoms with Crippen LogP contribution in [0.1, 0.15) is 32.1 Å². The summed E-state index contributed by atoms with van der Waals surface area (Å²) in [5, 5.41) is 12.5. The highest BCUT2D eigenvalue weighted by Crippen LogP contribution is 2.14. The lowest BCUT2D eigenvalue weighted by atomic mass is 10.1. The molecule has 1 rings (SSSR count). The largest absolute Gasteiger partial charge is 0.468 e. The fraction of sp³-hybridized carbons (Fsp3) is 0.600. The van der Waals surface area contributed by atoms with Crippen LogP contribution in [0, 0.1) is 0 Å². The number of nitrogens with zero attached hydrogens (tertiary/aromatic N) is 1. The predicted molar refractivity (Wildman–Crippen MR) is 77.9 cm³/mol. The molecule has 0 fully saturated rings. The van der Waals surface area contributed by atoms with Gasteiger partial charge in [-0.05, 0) is 26.8 Å². The summed E-state index contributed by atoms with van der Waals surface area (Å²) in [6.45, 7) is 13.2. The lowest BCUT2D eigenvalue weighted by Crippen LogP contribution is -2.35. The van der Waals surface area contributed by atoms with Gasteiger partial charge < -0.3 is 14.8 Å². The summed E-state index contributed by atoms with van der Waals surface area (Å²) in [6.07, 6.45) is 3.57. The van der Waals surface area contributed by atoms with Crippen molar-refractivity contribution in [2.24, 2.45) is 0 Å². The molecule has 0 radical (unpaired) electrons. The molecule has 0 aliphatic heterocycles. The van der Waals surface area contributed by atoms with E-state index in [0.29, 0.717) is 13.1 Å². The molecule has 19 heavy (non-hydrogen) atoms. The van der Waals surface area contributed by atoms with Crippen molar-refractivity contribution in [3.8, 4) is 0 Å². The molecule has 108 valence electrons. The van der Waals surface area contributed by atoms with Crippen LogP contribution in [0.15, 0.2) is 29.4 Å². The molecule has 0 amide bonds. The van der Waals surface area contributed by atoms with Crippen LogP contribution in [0.3, 0.4) is 0 Å². The molecule has 4 heteroatoms. The minimum Gasteiger partial charge on any atom is -0.468 e. The second-order valence-electron chi connectivity index (χ2n) is 5.72. The summed E-state index contributed by atoms with van der Waals surface area (Å²) in [6, 6.07) is 1.99. The smallest absolute Gasteiger partial charge is 0.122 e. The zero-order chi connectivity index (χ0) is 14.3. The van der Waals surface area contributed by atoms with Gasteiger partial charge in [0.2, 0.25) is 0 Å². The maximum absolute atomic E-state index is 9.06. The first-order valence-corrected chi connectivity index (χ1v) is 6.70. The predicted octanol–water partition coefficient (Wildman–Crippen LogP) is 2.15. The Hall–Kier alpha value is -1.10. The number of hydrogen-bond donors (Lipinski definition) is 2. The number of aliphatic hydroxyl groups excluding tert-OH is 1. The summed E-state index contributed by atoms with van der Waals surface area (Å²) in [4.78, 5) is 2.14. The third-order valence-electron chi connectivity index (χ3n) is 2.81. The van der Waals surface area contributed by atoms with Crippen molar-refractivity contribution in [3.05, 3.63) is 36.3 Å². The number of aliphatic hydroxyl groups is 1. The normalized spacial score (nSPS) is 12.1. The van der Waals surface area contributed by atoms with E-state index < -0.39 is 0 Å². The quantitative estimate of drug-likeness (QED) is 0.708. The van der Waals surface area contributed by atoms with Gasteiger partial charge in [0.25, 0.3) is 0 Å². The Labute approximate surface area is 116 Å². The maximum atomic E-state index is 9.06. The fourth-order valence-corrected chi connectivity index (χ4v) is 1.81. The first-order valence-electron chi connectivity index (χ1n) is 6.70. The second-order valence-corrected chi connectivity index (χ2v) is 5.72. The van der Waals surface area contributed by atoms with Gasteiger partial charge in [0.15, 0.2) is 0 Å². The van der Waals surface area contributed by atoms with Crippen LogP contribution >= 0.6 is 0 Å². The Balaban J connectivity index is 2.62. The van der Waals surface area contributed by atoms with Crippen LogP contribution in [0.5, 0.6) is 0 Å². The molecular formula is C15H26N2O2. The summed E-state index contributed by atoms with van der Waals surface area (Å²) in [5.41, 5.74) is 1.22. The molecule has 1 heterocycles. The van der Waals surface area contributed by atoms with Crippen molar-refractivity contribution in [2.45, 2.75) is 39.4 Å². The second kappa shape index (κ2) is 7.48. The first-order chi connectivity index (χ1) is 8.96. The molecule has 4 nitrogen and oxygen atoms in total. The molecule has 0 aromatic carbocycles. The van der Waals surface area contributed by atoms with Crippen LogP contribution in [0.4, 0.5) is 0 Å². The van der Waals surface area contributed by atoms with Gasteiger partial charge in [-0.2, -0.15) is 0 Å². The SMILES string of the molecule is C=CCN(CCO)Cc1ccoc1CNC(C)(C)C. The Kier molecular flexibility index (Phi) is 6.28. The third-order valence-corrected chi connectivity index (χ3v) is 2.81. The van der Waals surface area contributed by atoms with Gasteiger partial charge in [-0.1, -0.05) is 6.08 Å². The molecule has 0 bridgehead atoms. The molecule has 0 aliphatic rings. The van der Waals surface area contributed by atoms with Crippen molar-refractivity contribution in [1.82, 2.24) is 10.2 Å². The topological polar surface area (TPSA) is 48.6 Å². The van der Waals surface area contributed by atoms with Crippen molar-refractivity contribution < 1.29 is 9.52 Å². The highest BCUT2D eigenvalue weighted by molar-refractivity contribution is 5.17. The van der Waals surface area contributed by atoms with Crippen molar-refractivity contribution in [3.63, 3.8) is 0 Å². The van der Waals surface area contributed by atoms with E-state index in [9.17, 15) is 0 Å². The minimum atomic E-state index is 0.0654. The summed E-state index contributed by atoms with van der Waals surface area (Å²) >= 11 is 0. The minimum absolute atomic E-state index is 0.0654. The van der Waals surface area contributed by atoms with Gasteiger partial charge in [-0.3, -0.25) is 4.90 Å². The van der Waals surface area contributed by atoms with Gasteiger partial charge in [-0.25, -0.2) is 0 Å². The van der Waals surface area contributed by atoms with Crippen LogP contribution < -0.4 is 5.32 Å². The zero-order valence-corrected chi connectivity index (χ0v) is 12.3. The van der Waals surface area contributed by atoms with E-state index in [-0.39, 0.29) is 12.1 Å². The number of nitrogens with one attached hydrogen (secondary N) is 1. The molecule has 2 N–H and O–H groups in total. The Morgan fingerprint density at radius 2 is 2.21 bits per heavy atom. The lowest BCUT2D eigenvalue weighted by Gasteiger charge is -2.22. The molecule has 0 aliphatic carbocycles. The fourth-order valence-electron chi connectivity index (χ4n) is 1.81. The molecule has 0 saturated carbocycles. The van der Waals surface area contributed by atoms with E-state index in [1.54, 1.807) is 6.26 Å². The third kappa shape index (κ3) is 6.05. The Bertz CT molecular complexity index is 380. The van der Waals surface area contributed by atoms with Crippen LogP contribution in [0.2, 0.25) is 0 Å². The molecule has 0 unspecified atom stereocenters. The monoisotopic (exact) mass is 266 g/mol. The standard InChI is InChI=1S/C15H26N2O2/c1-5-7-17(8-9-18)12-13-6-10-19-14(13)11-16-15(2,3)4/h5-6,10,16,18H,1,7-9,11-12H2,2-4H3. The Morgan fingerprint density at radius 3 is 2.79 bits per heavy atom. The number of furan rings is 1. The summed E-state index contributed by atoms with van der Waals surface area (Å²) < 4.78 is 5.54. The van der Waals surface area contributed by atoms with Crippen LogP contribution in [-0.4, -0.2) is 35.2 Å². The van der Waals surface area contributed by atoms with E-state index in [2.05, 4.69) is 37.6 Å². The lowest BCUT2D eigenvalue weighted by molar-refractivity contribution is 0.202. The highest BCUT2D eigenvalue weighted by Gasteiger charge is 2.14. The maximum Gasteiger partial charge on any atom is 0.122 e. The number of hydrogen-bond acceptors (Lipinski definition) is 4. The highest BCUT2D eigenvalue weighted by atomic mass is 16.3. The van der Waals surface area contributed by atoms with E-state index in [1.807, 2.05) is 12.1 Å². The molecular weight excluding hydrogens is 240 g/mol. The summed E-state index contributed by atoms with van der Waals surface area (Å²) in [5.74, 6) is 0.960. The van der Waals surface area contributed by atoms with E-state index >= 15 is 0 Å². The molecule has 0 atom stereocenters. The van der Waals surface area contributed by atoms with Crippen LogP contribution in [-0.2, 0) is 13.1 Å². The molecule has 0 spiro atoms. The van der Waals surface area contributed by atoms with E-state index in [4.69, 9.17) is 9.52 Å². The van der Waals surface area contributed by atoms with Gasteiger partial charge in [0, 0.05) is 30.7 Å². The van der Waals surface area contributed by atoms with Gasteiger partial charge >= 0.3 is 0 Å². The van der Waals surface area contributed by atoms with E-state index in [1.165, 1.54) is 0 Å². The van der Waals surface area contributed by atoms with Gasteiger partial charge in [-0.15, -0.1) is 6.58 Å². The van der Waals surface area contributed by atoms with Crippen molar-refractivity contribution in [2.75, 3.05) is 19.7 Å². The number of rotatable bonds is 8. The summed E-state index contributed by atoms with van der Waals surface area (Å²) in [7, 11) is 0. The Morgan fingerprint density at radius 1 is 1.47 bits per heavy atom. The molecule has 1 aromatic heterocycles.